The highest BCUT2D eigenvalue weighted by Gasteiger charge is 2.26. The van der Waals surface area contributed by atoms with Crippen LogP contribution in [0.2, 0.25) is 0 Å². The second-order valence-electron chi connectivity index (χ2n) is 7.65. The van der Waals surface area contributed by atoms with Gasteiger partial charge >= 0.3 is 0 Å². The zero-order valence-corrected chi connectivity index (χ0v) is 18.0. The van der Waals surface area contributed by atoms with E-state index in [-0.39, 0.29) is 23.5 Å². The lowest BCUT2D eigenvalue weighted by Gasteiger charge is -2.32. The molecule has 1 aliphatic heterocycles. The Labute approximate surface area is 184 Å². The number of amides is 2. The van der Waals surface area contributed by atoms with Gasteiger partial charge in [0.2, 0.25) is 5.91 Å². The van der Waals surface area contributed by atoms with Crippen molar-refractivity contribution in [3.05, 3.63) is 75.8 Å². The largest absolute Gasteiger partial charge is 0.342 e. The molecule has 1 N–H and O–H groups in total. The van der Waals surface area contributed by atoms with Crippen molar-refractivity contribution in [3.63, 3.8) is 0 Å². The van der Waals surface area contributed by atoms with E-state index in [1.165, 1.54) is 24.3 Å². The van der Waals surface area contributed by atoms with Crippen molar-refractivity contribution < 1.29 is 14.0 Å². The molecule has 0 aliphatic carbocycles. The first kappa shape index (κ1) is 21.1. The molecule has 0 spiro atoms. The number of benzene rings is 1. The van der Waals surface area contributed by atoms with E-state index >= 15 is 0 Å². The second-order valence-corrected chi connectivity index (χ2v) is 8.71. The quantitative estimate of drug-likeness (QED) is 0.648. The van der Waals surface area contributed by atoms with Crippen molar-refractivity contribution >= 4 is 28.8 Å². The van der Waals surface area contributed by atoms with Crippen LogP contribution in [0.15, 0.2) is 48.0 Å². The molecule has 1 aliphatic rings. The first-order valence-corrected chi connectivity index (χ1v) is 11.1. The molecule has 0 radical (unpaired) electrons. The van der Waals surface area contributed by atoms with E-state index in [1.807, 2.05) is 23.3 Å². The van der Waals surface area contributed by atoms with Crippen LogP contribution in [0.1, 0.15) is 45.5 Å². The Kier molecular flexibility index (Phi) is 6.36. The molecule has 1 aromatic carbocycles. The number of carbonyl (C=O) groups is 2. The number of carbonyl (C=O) groups excluding carboxylic acids is 2. The number of nitrogens with zero attached hydrogens (tertiary/aromatic N) is 3. The molecule has 31 heavy (non-hydrogen) atoms. The third-order valence-corrected chi connectivity index (χ3v) is 6.16. The summed E-state index contributed by atoms with van der Waals surface area (Å²) in [5, 5.41) is 5.63. The normalized spacial score (nSPS) is 16.2. The molecule has 8 heteroatoms. The third kappa shape index (κ3) is 5.32. The monoisotopic (exact) mass is 438 g/mol. The first-order valence-electron chi connectivity index (χ1n) is 10.2. The van der Waals surface area contributed by atoms with E-state index in [0.29, 0.717) is 24.2 Å². The molecular weight excluding hydrogens is 415 g/mol. The zero-order chi connectivity index (χ0) is 21.8. The average Bonchev–Trinajstić information content (AvgIpc) is 3.20. The van der Waals surface area contributed by atoms with Crippen LogP contribution in [-0.2, 0) is 11.2 Å². The van der Waals surface area contributed by atoms with Crippen LogP contribution in [0.3, 0.4) is 0 Å². The summed E-state index contributed by atoms with van der Waals surface area (Å²) in [4.78, 5) is 35.9. The van der Waals surface area contributed by atoms with Gasteiger partial charge in [0.15, 0.2) is 0 Å². The number of pyridine rings is 1. The summed E-state index contributed by atoms with van der Waals surface area (Å²) in [6.07, 6.45) is 3.74. The van der Waals surface area contributed by atoms with Crippen LogP contribution in [0.25, 0.3) is 0 Å². The van der Waals surface area contributed by atoms with Gasteiger partial charge in [-0.1, -0.05) is 0 Å². The molecule has 0 unspecified atom stereocenters. The maximum atomic E-state index is 13.0. The fraction of sp³-hybridized carbons (Fsp3) is 0.304. The molecule has 1 atom stereocenters. The highest BCUT2D eigenvalue weighted by Crippen LogP contribution is 2.26. The molecule has 2 aromatic heterocycles. The van der Waals surface area contributed by atoms with Crippen LogP contribution in [0.5, 0.6) is 0 Å². The summed E-state index contributed by atoms with van der Waals surface area (Å²) in [5.74, 6) is -0.426. The van der Waals surface area contributed by atoms with Crippen molar-refractivity contribution in [2.75, 3.05) is 18.4 Å². The first-order chi connectivity index (χ1) is 15.0. The molecular formula is C23H23FN4O2S. The van der Waals surface area contributed by atoms with E-state index < -0.39 is 0 Å². The molecule has 2 amide bonds. The van der Waals surface area contributed by atoms with E-state index in [0.717, 1.165) is 35.8 Å². The number of nitrogens with one attached hydrogen (secondary N) is 1. The molecule has 6 nitrogen and oxygen atoms in total. The van der Waals surface area contributed by atoms with Crippen molar-refractivity contribution in [2.24, 2.45) is 0 Å². The topological polar surface area (TPSA) is 75.2 Å². The smallest absolute Gasteiger partial charge is 0.257 e. The van der Waals surface area contributed by atoms with Crippen LogP contribution in [0.4, 0.5) is 10.1 Å². The Morgan fingerprint density at radius 3 is 2.71 bits per heavy atom. The molecule has 1 saturated heterocycles. The third-order valence-electron chi connectivity index (χ3n) is 5.34. The van der Waals surface area contributed by atoms with Gasteiger partial charge in [0.05, 0.1) is 22.7 Å². The predicted molar refractivity (Wildman–Crippen MR) is 118 cm³/mol. The maximum Gasteiger partial charge on any atom is 0.257 e. The van der Waals surface area contributed by atoms with E-state index in [1.54, 1.807) is 23.6 Å². The molecule has 0 bridgehead atoms. The summed E-state index contributed by atoms with van der Waals surface area (Å²) in [5.41, 5.74) is 2.65. The van der Waals surface area contributed by atoms with Gasteiger partial charge < -0.3 is 10.2 Å². The van der Waals surface area contributed by atoms with Crippen LogP contribution in [-0.4, -0.2) is 39.8 Å². The Morgan fingerprint density at radius 2 is 2.03 bits per heavy atom. The number of anilines is 1. The number of halogens is 1. The number of thiazole rings is 1. The highest BCUT2D eigenvalue weighted by molar-refractivity contribution is 7.09. The van der Waals surface area contributed by atoms with E-state index in [9.17, 15) is 14.0 Å². The lowest BCUT2D eigenvalue weighted by atomic mass is 9.93. The van der Waals surface area contributed by atoms with Gasteiger partial charge in [-0.2, -0.15) is 0 Å². The van der Waals surface area contributed by atoms with Crippen LogP contribution < -0.4 is 5.32 Å². The number of piperidine rings is 1. The van der Waals surface area contributed by atoms with Gasteiger partial charge in [0.1, 0.15) is 5.82 Å². The molecule has 4 rings (SSSR count). The minimum absolute atomic E-state index is 0.0882. The van der Waals surface area contributed by atoms with Gasteiger partial charge in [-0.05, 0) is 56.2 Å². The fourth-order valence-electron chi connectivity index (χ4n) is 3.72. The maximum absolute atomic E-state index is 13.0. The number of aromatic nitrogens is 2. The predicted octanol–water partition coefficient (Wildman–Crippen LogP) is 4.19. The Bertz CT molecular complexity index is 1070. The van der Waals surface area contributed by atoms with Crippen molar-refractivity contribution in [2.45, 2.75) is 32.1 Å². The summed E-state index contributed by atoms with van der Waals surface area (Å²) in [7, 11) is 0. The van der Waals surface area contributed by atoms with Crippen LogP contribution in [0, 0.1) is 12.7 Å². The van der Waals surface area contributed by atoms with Gasteiger partial charge in [0, 0.05) is 42.0 Å². The summed E-state index contributed by atoms with van der Waals surface area (Å²) in [6, 6.07) is 9.19. The molecule has 1 fully saturated rings. The van der Waals surface area contributed by atoms with E-state index in [4.69, 9.17) is 0 Å². The Balaban J connectivity index is 1.37. The number of likely N-dealkylation sites (tertiary alicyclic amines) is 1. The Hall–Kier alpha value is -3.13. The number of rotatable bonds is 5. The van der Waals surface area contributed by atoms with Crippen molar-refractivity contribution in [3.8, 4) is 0 Å². The summed E-state index contributed by atoms with van der Waals surface area (Å²) < 4.78 is 13.0. The zero-order valence-electron chi connectivity index (χ0n) is 17.2. The van der Waals surface area contributed by atoms with Gasteiger partial charge in [-0.3, -0.25) is 14.6 Å². The van der Waals surface area contributed by atoms with Gasteiger partial charge in [0.25, 0.3) is 5.91 Å². The number of hydrogen-bond acceptors (Lipinski definition) is 5. The Morgan fingerprint density at radius 1 is 1.23 bits per heavy atom. The fourth-order valence-corrected chi connectivity index (χ4v) is 4.33. The molecule has 160 valence electrons. The standard InChI is InChI=1S/C23H23FN4O2S/c1-15-26-20(14-31-15)11-22(29)28-10-2-3-17(13-28)21-9-4-16(12-25-21)23(30)27-19-7-5-18(24)6-8-19/h4-9,12,14,17H,2-3,10-11,13H2,1H3,(H,27,30)/t17-/m0/s1. The lowest BCUT2D eigenvalue weighted by molar-refractivity contribution is -0.131. The lowest BCUT2D eigenvalue weighted by Crippen LogP contribution is -2.40. The van der Waals surface area contributed by atoms with E-state index in [2.05, 4.69) is 15.3 Å². The number of aryl methyl sites for hydroxylation is 1. The molecule has 3 heterocycles. The van der Waals surface area contributed by atoms with Crippen LogP contribution >= 0.6 is 11.3 Å². The SMILES string of the molecule is Cc1nc(CC(=O)N2CCC[C@H](c3ccc(C(=O)Nc4ccc(F)cc4)cn3)C2)cs1. The van der Waals surface area contributed by atoms with Gasteiger partial charge in [-0.25, -0.2) is 9.37 Å². The molecule has 0 saturated carbocycles. The van der Waals surface area contributed by atoms with Crippen molar-refractivity contribution in [1.29, 1.82) is 0 Å². The number of hydrogen-bond donors (Lipinski definition) is 1. The minimum atomic E-state index is -0.356. The summed E-state index contributed by atoms with van der Waals surface area (Å²) in [6.45, 7) is 3.30. The summed E-state index contributed by atoms with van der Waals surface area (Å²) >= 11 is 1.55. The highest BCUT2D eigenvalue weighted by atomic mass is 32.1. The van der Waals surface area contributed by atoms with Crippen molar-refractivity contribution in [1.82, 2.24) is 14.9 Å². The van der Waals surface area contributed by atoms with Gasteiger partial charge in [-0.15, -0.1) is 11.3 Å². The minimum Gasteiger partial charge on any atom is -0.342 e. The second kappa shape index (κ2) is 9.34. The molecule has 3 aromatic rings. The average molecular weight is 439 g/mol.